The zero-order chi connectivity index (χ0) is 9.83. The fourth-order valence-corrected chi connectivity index (χ4v) is 4.12. The Balaban J connectivity index is 1.91. The molecule has 3 heterocycles. The molecule has 1 aromatic rings. The van der Waals surface area contributed by atoms with Crippen molar-refractivity contribution in [1.82, 2.24) is 4.90 Å². The van der Waals surface area contributed by atoms with E-state index in [4.69, 9.17) is 0 Å². The van der Waals surface area contributed by atoms with Crippen LogP contribution in [0.2, 0.25) is 0 Å². The van der Waals surface area contributed by atoms with Gasteiger partial charge in [-0.05, 0) is 41.7 Å². The molecule has 15 heavy (non-hydrogen) atoms. The Bertz CT molecular complexity index is 349. The third-order valence-corrected chi connectivity index (χ3v) is 4.58. The van der Waals surface area contributed by atoms with Gasteiger partial charge in [-0.2, -0.15) is 0 Å². The van der Waals surface area contributed by atoms with Crippen molar-refractivity contribution >= 4 is 0 Å². The fraction of sp³-hybridized carbons (Fsp3) is 0.571. The van der Waals surface area contributed by atoms with Crippen molar-refractivity contribution in [2.45, 2.75) is 24.7 Å². The summed E-state index contributed by atoms with van der Waals surface area (Å²) in [5.41, 5.74) is 3.35. The minimum absolute atomic E-state index is 0.840. The quantitative estimate of drug-likeness (QED) is 0.621. The lowest BCUT2D eigenvalue weighted by Crippen LogP contribution is -2.43. The minimum Gasteiger partial charge on any atom is -0.302 e. The first-order valence-electron chi connectivity index (χ1n) is 6.21. The van der Waals surface area contributed by atoms with E-state index in [2.05, 4.69) is 29.2 Å². The zero-order valence-electron chi connectivity index (χ0n) is 9.02. The lowest BCUT2D eigenvalue weighted by Gasteiger charge is -2.41. The molecule has 0 aromatic heterocycles. The summed E-state index contributed by atoms with van der Waals surface area (Å²) in [6.07, 6.45) is 2.90. The molecule has 0 spiro atoms. The fourth-order valence-electron chi connectivity index (χ4n) is 4.12. The zero-order valence-corrected chi connectivity index (χ0v) is 9.02. The van der Waals surface area contributed by atoms with Crippen molar-refractivity contribution in [3.8, 4) is 0 Å². The SMILES string of the molecule is c1ccc2c(c1)[C@@H]1CC3C[C@H]2CN(C3)C1. The average Bonchev–Trinajstić information content (AvgIpc) is 2.43. The molecule has 4 atom stereocenters. The summed E-state index contributed by atoms with van der Waals surface area (Å²) in [5, 5.41) is 0. The highest BCUT2D eigenvalue weighted by Gasteiger charge is 2.40. The van der Waals surface area contributed by atoms with Crippen LogP contribution in [-0.4, -0.2) is 24.5 Å². The van der Waals surface area contributed by atoms with E-state index in [-0.39, 0.29) is 0 Å². The first-order chi connectivity index (χ1) is 7.40. The lowest BCUT2D eigenvalue weighted by atomic mass is 9.82. The first-order valence-corrected chi connectivity index (χ1v) is 6.21. The molecule has 1 nitrogen and oxygen atoms in total. The molecular formula is C14H17N. The molecule has 0 saturated carbocycles. The van der Waals surface area contributed by atoms with Crippen LogP contribution in [0.1, 0.15) is 35.8 Å². The van der Waals surface area contributed by atoms with Crippen molar-refractivity contribution in [2.75, 3.05) is 19.6 Å². The molecule has 5 rings (SSSR count). The third-order valence-electron chi connectivity index (χ3n) is 4.58. The topological polar surface area (TPSA) is 3.24 Å². The highest BCUT2D eigenvalue weighted by Crippen LogP contribution is 2.46. The Morgan fingerprint density at radius 3 is 2.00 bits per heavy atom. The maximum Gasteiger partial charge on any atom is 0.00508 e. The maximum atomic E-state index is 2.70. The van der Waals surface area contributed by atoms with Gasteiger partial charge in [0, 0.05) is 19.6 Å². The Morgan fingerprint density at radius 1 is 0.867 bits per heavy atom. The lowest BCUT2D eigenvalue weighted by molar-refractivity contribution is 0.104. The number of rotatable bonds is 0. The molecule has 0 amide bonds. The van der Waals surface area contributed by atoms with E-state index in [1.165, 1.54) is 32.5 Å². The molecule has 4 aliphatic rings. The Labute approximate surface area is 91.1 Å². The first kappa shape index (κ1) is 8.35. The third kappa shape index (κ3) is 1.13. The summed E-state index contributed by atoms with van der Waals surface area (Å²) in [6, 6.07) is 9.20. The second kappa shape index (κ2) is 2.85. The monoisotopic (exact) mass is 199 g/mol. The van der Waals surface area contributed by atoms with Crippen LogP contribution in [0, 0.1) is 5.92 Å². The van der Waals surface area contributed by atoms with Crippen LogP contribution in [-0.2, 0) is 0 Å². The van der Waals surface area contributed by atoms with Gasteiger partial charge in [0.05, 0.1) is 0 Å². The van der Waals surface area contributed by atoms with Gasteiger partial charge < -0.3 is 4.90 Å². The Hall–Kier alpha value is -0.820. The molecule has 2 unspecified atom stereocenters. The number of hydrogen-bond donors (Lipinski definition) is 0. The second-order valence-corrected chi connectivity index (χ2v) is 5.58. The summed E-state index contributed by atoms with van der Waals surface area (Å²) in [4.78, 5) is 2.70. The van der Waals surface area contributed by atoms with Crippen molar-refractivity contribution in [3.63, 3.8) is 0 Å². The van der Waals surface area contributed by atoms with E-state index >= 15 is 0 Å². The molecule has 0 N–H and O–H groups in total. The van der Waals surface area contributed by atoms with Gasteiger partial charge in [0.15, 0.2) is 0 Å². The van der Waals surface area contributed by atoms with Crippen molar-refractivity contribution in [1.29, 1.82) is 0 Å². The van der Waals surface area contributed by atoms with Crippen LogP contribution in [0.5, 0.6) is 0 Å². The molecule has 3 aliphatic heterocycles. The minimum atomic E-state index is 0.840. The highest BCUT2D eigenvalue weighted by molar-refractivity contribution is 5.37. The van der Waals surface area contributed by atoms with Gasteiger partial charge in [-0.1, -0.05) is 24.3 Å². The summed E-state index contributed by atoms with van der Waals surface area (Å²) < 4.78 is 0. The number of benzene rings is 1. The van der Waals surface area contributed by atoms with Gasteiger partial charge in [-0.15, -0.1) is 0 Å². The van der Waals surface area contributed by atoms with Gasteiger partial charge in [0.25, 0.3) is 0 Å². The van der Waals surface area contributed by atoms with Crippen LogP contribution < -0.4 is 0 Å². The predicted octanol–water partition coefficient (Wildman–Crippen LogP) is 2.59. The van der Waals surface area contributed by atoms with E-state index in [9.17, 15) is 0 Å². The number of hydrogen-bond acceptors (Lipinski definition) is 1. The van der Waals surface area contributed by atoms with Crippen LogP contribution >= 0.6 is 0 Å². The molecule has 0 radical (unpaired) electrons. The molecule has 1 heteroatoms. The Kier molecular flexibility index (Phi) is 1.59. The largest absolute Gasteiger partial charge is 0.302 e. The van der Waals surface area contributed by atoms with Gasteiger partial charge in [-0.3, -0.25) is 0 Å². The van der Waals surface area contributed by atoms with Crippen molar-refractivity contribution in [3.05, 3.63) is 35.4 Å². The predicted molar refractivity (Wildman–Crippen MR) is 61.1 cm³/mol. The molecule has 4 bridgehead atoms. The average molecular weight is 199 g/mol. The maximum absolute atomic E-state index is 2.70. The van der Waals surface area contributed by atoms with Crippen LogP contribution in [0.15, 0.2) is 24.3 Å². The van der Waals surface area contributed by atoms with Crippen molar-refractivity contribution < 1.29 is 0 Å². The van der Waals surface area contributed by atoms with Gasteiger partial charge in [0.1, 0.15) is 0 Å². The molecule has 2 saturated heterocycles. The summed E-state index contributed by atoms with van der Waals surface area (Å²) in [7, 11) is 0. The number of piperidine rings is 2. The molecule has 78 valence electrons. The van der Waals surface area contributed by atoms with Crippen LogP contribution in [0.3, 0.4) is 0 Å². The van der Waals surface area contributed by atoms with Crippen LogP contribution in [0.25, 0.3) is 0 Å². The van der Waals surface area contributed by atoms with Gasteiger partial charge >= 0.3 is 0 Å². The van der Waals surface area contributed by atoms with Crippen LogP contribution in [0.4, 0.5) is 0 Å². The van der Waals surface area contributed by atoms with E-state index in [1.807, 2.05) is 0 Å². The summed E-state index contributed by atoms with van der Waals surface area (Å²) in [5.74, 6) is 2.66. The van der Waals surface area contributed by atoms with E-state index < -0.39 is 0 Å². The molecule has 1 aliphatic carbocycles. The van der Waals surface area contributed by atoms with Gasteiger partial charge in [0.2, 0.25) is 0 Å². The van der Waals surface area contributed by atoms with Crippen molar-refractivity contribution in [2.24, 2.45) is 5.92 Å². The summed E-state index contributed by atoms with van der Waals surface area (Å²) in [6.45, 7) is 4.02. The molecule has 2 fully saturated rings. The number of nitrogens with zero attached hydrogens (tertiary/aromatic N) is 1. The molecular weight excluding hydrogens is 182 g/mol. The van der Waals surface area contributed by atoms with Gasteiger partial charge in [-0.25, -0.2) is 0 Å². The smallest absolute Gasteiger partial charge is 0.00508 e. The normalized spacial score (nSPS) is 41.3. The molecule has 1 aromatic carbocycles. The van der Waals surface area contributed by atoms with E-state index in [0.29, 0.717) is 0 Å². The standard InChI is InChI=1S/C14H17N/c1-2-4-14-12-6-10-5-11(13(14)3-1)8-15(7-10)9-12/h1-4,10-12H,5-9H2/t10?,11-,12+. The van der Waals surface area contributed by atoms with E-state index in [1.54, 1.807) is 11.1 Å². The second-order valence-electron chi connectivity index (χ2n) is 5.58. The summed E-state index contributed by atoms with van der Waals surface area (Å²) >= 11 is 0. The van der Waals surface area contributed by atoms with E-state index in [0.717, 1.165) is 17.8 Å². The highest BCUT2D eigenvalue weighted by atomic mass is 15.2. The Morgan fingerprint density at radius 2 is 1.47 bits per heavy atom.